The zero-order chi connectivity index (χ0) is 11.7. The van der Waals surface area contributed by atoms with Gasteiger partial charge in [0.05, 0.1) is 15.3 Å². The molecule has 0 spiro atoms. The van der Waals surface area contributed by atoms with Gasteiger partial charge in [0, 0.05) is 18.1 Å². The van der Waals surface area contributed by atoms with Crippen LogP contribution in [0.3, 0.4) is 0 Å². The summed E-state index contributed by atoms with van der Waals surface area (Å²) >= 11 is 10.2. The smallest absolute Gasteiger partial charge is 0.148 e. The number of hydrogen-bond acceptors (Lipinski definition) is 4. The van der Waals surface area contributed by atoms with Crippen LogP contribution in [0.25, 0.3) is 0 Å². The van der Waals surface area contributed by atoms with Crippen molar-refractivity contribution < 1.29 is 0 Å². The van der Waals surface area contributed by atoms with Gasteiger partial charge in [0.1, 0.15) is 11.0 Å². The van der Waals surface area contributed by atoms with E-state index in [1.54, 1.807) is 0 Å². The van der Waals surface area contributed by atoms with Crippen molar-refractivity contribution in [1.82, 2.24) is 14.9 Å². The molecule has 2 rings (SSSR count). The summed E-state index contributed by atoms with van der Waals surface area (Å²) in [6, 6.07) is 0.298. The molecule has 0 aliphatic carbocycles. The lowest BCUT2D eigenvalue weighted by atomic mass is 10.2. The Morgan fingerprint density at radius 3 is 2.88 bits per heavy atom. The van der Waals surface area contributed by atoms with Crippen LogP contribution >= 0.6 is 46.0 Å². The van der Waals surface area contributed by atoms with Gasteiger partial charge in [-0.1, -0.05) is 11.6 Å². The highest BCUT2D eigenvalue weighted by molar-refractivity contribution is 14.1. The molecule has 6 heteroatoms. The van der Waals surface area contributed by atoms with Gasteiger partial charge in [0.25, 0.3) is 0 Å². The summed E-state index contributed by atoms with van der Waals surface area (Å²) in [5.41, 5.74) is 0.972. The maximum absolute atomic E-state index is 6.10. The number of aryl methyl sites for hydroxylation is 1. The van der Waals surface area contributed by atoms with Crippen molar-refractivity contribution in [3.8, 4) is 0 Å². The Labute approximate surface area is 119 Å². The Balaban J connectivity index is 2.32. The first-order valence-corrected chi connectivity index (χ1v) is 7.68. The van der Waals surface area contributed by atoms with Crippen LogP contribution in [0, 0.1) is 10.5 Å². The second kappa shape index (κ2) is 5.37. The summed E-state index contributed by atoms with van der Waals surface area (Å²) in [5.74, 6) is 3.09. The first kappa shape index (κ1) is 12.9. The fraction of sp³-hybridized carbons (Fsp3) is 0.600. The van der Waals surface area contributed by atoms with Crippen LogP contribution in [-0.2, 0) is 0 Å². The first-order valence-electron chi connectivity index (χ1n) is 5.07. The van der Waals surface area contributed by atoms with E-state index in [2.05, 4.69) is 44.5 Å². The van der Waals surface area contributed by atoms with Gasteiger partial charge in [-0.05, 0) is 36.6 Å². The van der Waals surface area contributed by atoms with E-state index in [4.69, 9.17) is 11.6 Å². The van der Waals surface area contributed by atoms with Gasteiger partial charge < -0.3 is 0 Å². The molecule has 1 aliphatic heterocycles. The molecule has 0 bridgehead atoms. The number of thioether (sulfide) groups is 1. The van der Waals surface area contributed by atoms with Crippen LogP contribution in [0.15, 0.2) is 0 Å². The Morgan fingerprint density at radius 2 is 2.25 bits per heavy atom. The number of hydrogen-bond donors (Lipinski definition) is 0. The molecule has 0 amide bonds. The second-order valence-corrected chi connectivity index (χ2v) is 6.43. The van der Waals surface area contributed by atoms with Crippen LogP contribution in [0.1, 0.15) is 17.6 Å². The third-order valence-electron chi connectivity index (χ3n) is 2.69. The van der Waals surface area contributed by atoms with Gasteiger partial charge in [0.2, 0.25) is 0 Å². The molecule has 0 radical (unpaired) electrons. The van der Waals surface area contributed by atoms with E-state index in [-0.39, 0.29) is 0 Å². The van der Waals surface area contributed by atoms with Crippen molar-refractivity contribution in [3.63, 3.8) is 0 Å². The van der Waals surface area contributed by atoms with Gasteiger partial charge in [-0.25, -0.2) is 9.97 Å². The summed E-state index contributed by atoms with van der Waals surface area (Å²) < 4.78 is 0.953. The van der Waals surface area contributed by atoms with Gasteiger partial charge in [-0.15, -0.1) is 0 Å². The molecular formula is C10H13ClIN3S. The van der Waals surface area contributed by atoms with E-state index in [9.17, 15) is 0 Å². The van der Waals surface area contributed by atoms with Crippen LogP contribution in [0.4, 0.5) is 0 Å². The molecule has 0 N–H and O–H groups in total. The average Bonchev–Trinajstić information content (AvgIpc) is 2.26. The fourth-order valence-electron chi connectivity index (χ4n) is 1.65. The lowest BCUT2D eigenvalue weighted by molar-refractivity contribution is 0.264. The summed E-state index contributed by atoms with van der Waals surface area (Å²) in [4.78, 5) is 11.2. The minimum Gasteiger partial charge on any atom is -0.295 e. The van der Waals surface area contributed by atoms with Gasteiger partial charge in [-0.2, -0.15) is 11.8 Å². The van der Waals surface area contributed by atoms with Crippen LogP contribution in [0.2, 0.25) is 5.15 Å². The highest BCUT2D eigenvalue weighted by atomic mass is 127. The topological polar surface area (TPSA) is 29.0 Å². The minimum absolute atomic E-state index is 0.298. The largest absolute Gasteiger partial charge is 0.295 e. The van der Waals surface area contributed by atoms with Gasteiger partial charge >= 0.3 is 0 Å². The summed E-state index contributed by atoms with van der Waals surface area (Å²) in [6.45, 7) is 3.07. The molecule has 1 aromatic heterocycles. The van der Waals surface area contributed by atoms with E-state index in [0.29, 0.717) is 11.2 Å². The Hall–Kier alpha value is 0.410. The zero-order valence-corrected chi connectivity index (χ0v) is 12.9. The maximum atomic E-state index is 6.10. The fourth-order valence-corrected chi connectivity index (χ4v) is 3.33. The van der Waals surface area contributed by atoms with Crippen molar-refractivity contribution in [2.45, 2.75) is 13.0 Å². The number of rotatable bonds is 1. The summed E-state index contributed by atoms with van der Waals surface area (Å²) in [6.07, 6.45) is 0. The molecule has 1 saturated heterocycles. The van der Waals surface area contributed by atoms with Crippen LogP contribution in [-0.4, -0.2) is 40.0 Å². The van der Waals surface area contributed by atoms with Crippen molar-refractivity contribution in [2.75, 3.05) is 25.1 Å². The molecule has 0 saturated carbocycles. The predicted molar refractivity (Wildman–Crippen MR) is 77.2 cm³/mol. The van der Waals surface area contributed by atoms with Crippen LogP contribution in [0.5, 0.6) is 0 Å². The summed E-state index contributed by atoms with van der Waals surface area (Å²) in [7, 11) is 2.12. The molecule has 1 unspecified atom stereocenters. The van der Waals surface area contributed by atoms with E-state index >= 15 is 0 Å². The Kier molecular flexibility index (Phi) is 4.32. The molecule has 0 aromatic carbocycles. The van der Waals surface area contributed by atoms with E-state index < -0.39 is 0 Å². The van der Waals surface area contributed by atoms with Crippen LogP contribution < -0.4 is 0 Å². The number of aromatic nitrogens is 2. The zero-order valence-electron chi connectivity index (χ0n) is 9.20. The lowest BCUT2D eigenvalue weighted by Crippen LogP contribution is -2.34. The Morgan fingerprint density at radius 1 is 1.50 bits per heavy atom. The normalized spacial score (nSPS) is 22.4. The predicted octanol–water partition coefficient (Wildman–Crippen LogP) is 2.76. The second-order valence-electron chi connectivity index (χ2n) is 3.84. The van der Waals surface area contributed by atoms with E-state index in [0.717, 1.165) is 27.4 Å². The molecule has 1 aliphatic rings. The minimum atomic E-state index is 0.298. The first-order chi connectivity index (χ1) is 7.59. The molecule has 2 heterocycles. The van der Waals surface area contributed by atoms with Crippen molar-refractivity contribution >= 4 is 46.0 Å². The third-order valence-corrected chi connectivity index (χ3v) is 5.59. The van der Waals surface area contributed by atoms with Crippen molar-refractivity contribution in [2.24, 2.45) is 0 Å². The number of halogens is 2. The maximum Gasteiger partial charge on any atom is 0.148 e. The van der Waals surface area contributed by atoms with Gasteiger partial charge in [0.15, 0.2) is 0 Å². The molecule has 1 fully saturated rings. The lowest BCUT2D eigenvalue weighted by Gasteiger charge is -2.31. The molecule has 16 heavy (non-hydrogen) atoms. The molecule has 1 atom stereocenters. The monoisotopic (exact) mass is 369 g/mol. The molecular weight excluding hydrogens is 357 g/mol. The summed E-state index contributed by atoms with van der Waals surface area (Å²) in [5, 5.41) is 0.576. The van der Waals surface area contributed by atoms with Crippen molar-refractivity contribution in [1.29, 1.82) is 0 Å². The quantitative estimate of drug-likeness (QED) is 0.562. The van der Waals surface area contributed by atoms with Gasteiger partial charge in [-0.3, -0.25) is 4.90 Å². The molecule has 1 aromatic rings. The molecule has 3 nitrogen and oxygen atoms in total. The SMILES string of the molecule is Cc1nc(C2CSCCN2C)nc(Cl)c1I. The number of nitrogens with zero attached hydrogens (tertiary/aromatic N) is 3. The van der Waals surface area contributed by atoms with E-state index in [1.165, 1.54) is 5.75 Å². The molecule has 88 valence electrons. The standard InChI is InChI=1S/C10H13ClIN3S/c1-6-8(12)9(11)14-10(13-6)7-5-16-4-3-15(7)2/h7H,3-5H2,1-2H3. The highest BCUT2D eigenvalue weighted by Crippen LogP contribution is 2.28. The average molecular weight is 370 g/mol. The van der Waals surface area contributed by atoms with Crippen molar-refractivity contribution in [3.05, 3.63) is 20.2 Å². The highest BCUT2D eigenvalue weighted by Gasteiger charge is 2.24. The third kappa shape index (κ3) is 2.63. The van der Waals surface area contributed by atoms with E-state index in [1.807, 2.05) is 18.7 Å². The Bertz CT molecular complexity index is 379.